The summed E-state index contributed by atoms with van der Waals surface area (Å²) in [6.45, 7) is 0. The van der Waals surface area contributed by atoms with E-state index < -0.39 is 11.6 Å². The summed E-state index contributed by atoms with van der Waals surface area (Å²) in [6, 6.07) is 7.43. The van der Waals surface area contributed by atoms with Crippen LogP contribution in [0, 0.1) is 11.6 Å². The Kier molecular flexibility index (Phi) is 3.97. The molecule has 0 amide bonds. The van der Waals surface area contributed by atoms with Gasteiger partial charge in [0.05, 0.1) is 5.56 Å². The first-order chi connectivity index (χ1) is 8.97. The van der Waals surface area contributed by atoms with Crippen LogP contribution in [0.25, 0.3) is 0 Å². The summed E-state index contributed by atoms with van der Waals surface area (Å²) >= 11 is 10.7. The highest BCUT2D eigenvalue weighted by atomic mass is 35.5. The number of hydrogen-bond donors (Lipinski definition) is 1. The number of hydrogen-bond acceptors (Lipinski definition) is 2. The lowest BCUT2D eigenvalue weighted by Gasteiger charge is -2.11. The van der Waals surface area contributed by atoms with Crippen LogP contribution in [0.15, 0.2) is 36.4 Å². The number of thiocarbonyl (C=S) groups is 1. The Hall–Kier alpha value is -1.72. The molecule has 0 spiro atoms. The first-order valence-corrected chi connectivity index (χ1v) is 5.98. The predicted molar refractivity (Wildman–Crippen MR) is 73.8 cm³/mol. The topological polar surface area (TPSA) is 35.2 Å². The number of halogens is 3. The minimum absolute atomic E-state index is 0.0503. The molecular formula is C13H8ClF2NOS. The second-order valence-electron chi connectivity index (χ2n) is 3.68. The summed E-state index contributed by atoms with van der Waals surface area (Å²) in [4.78, 5) is 0.0503. The van der Waals surface area contributed by atoms with Gasteiger partial charge in [-0.15, -0.1) is 0 Å². The molecule has 2 nitrogen and oxygen atoms in total. The molecule has 0 aromatic heterocycles. The van der Waals surface area contributed by atoms with E-state index in [0.717, 1.165) is 18.2 Å². The molecule has 0 unspecified atom stereocenters. The number of rotatable bonds is 3. The Balaban J connectivity index is 2.43. The molecule has 0 radical (unpaired) electrons. The zero-order valence-corrected chi connectivity index (χ0v) is 11.1. The van der Waals surface area contributed by atoms with Crippen LogP contribution in [0.4, 0.5) is 8.78 Å². The minimum atomic E-state index is -0.690. The van der Waals surface area contributed by atoms with Gasteiger partial charge >= 0.3 is 0 Å². The van der Waals surface area contributed by atoms with Crippen LogP contribution in [0.5, 0.6) is 11.5 Å². The average Bonchev–Trinajstić information content (AvgIpc) is 2.35. The van der Waals surface area contributed by atoms with Gasteiger partial charge in [-0.05, 0) is 30.3 Å². The van der Waals surface area contributed by atoms with E-state index >= 15 is 0 Å². The van der Waals surface area contributed by atoms with Crippen molar-refractivity contribution in [2.24, 2.45) is 5.73 Å². The Bertz CT molecular complexity index is 649. The van der Waals surface area contributed by atoms with E-state index in [0.29, 0.717) is 10.6 Å². The highest BCUT2D eigenvalue weighted by molar-refractivity contribution is 7.80. The van der Waals surface area contributed by atoms with Crippen molar-refractivity contribution in [2.75, 3.05) is 0 Å². The van der Waals surface area contributed by atoms with Crippen LogP contribution in [0.1, 0.15) is 5.56 Å². The third-order valence-electron chi connectivity index (χ3n) is 2.32. The normalized spacial score (nSPS) is 10.3. The van der Waals surface area contributed by atoms with Crippen molar-refractivity contribution in [3.05, 3.63) is 58.6 Å². The number of benzene rings is 2. The van der Waals surface area contributed by atoms with Gasteiger partial charge in [-0.2, -0.15) is 0 Å². The van der Waals surface area contributed by atoms with E-state index in [4.69, 9.17) is 34.3 Å². The predicted octanol–water partition coefficient (Wildman–Crippen LogP) is 4.04. The Labute approximate surface area is 118 Å². The molecule has 98 valence electrons. The summed E-state index contributed by atoms with van der Waals surface area (Å²) < 4.78 is 31.8. The zero-order valence-electron chi connectivity index (χ0n) is 9.49. The van der Waals surface area contributed by atoms with Crippen molar-refractivity contribution in [3.63, 3.8) is 0 Å². The zero-order chi connectivity index (χ0) is 14.0. The van der Waals surface area contributed by atoms with E-state index in [2.05, 4.69) is 0 Å². The minimum Gasteiger partial charge on any atom is -0.453 e. The van der Waals surface area contributed by atoms with Crippen LogP contribution < -0.4 is 10.5 Å². The van der Waals surface area contributed by atoms with Gasteiger partial charge in [0.1, 0.15) is 16.6 Å². The molecule has 0 aliphatic rings. The molecule has 6 heteroatoms. The summed E-state index contributed by atoms with van der Waals surface area (Å²) in [5.74, 6) is -1.34. The van der Waals surface area contributed by atoms with Gasteiger partial charge in [0.25, 0.3) is 0 Å². The Morgan fingerprint density at radius 1 is 1.11 bits per heavy atom. The van der Waals surface area contributed by atoms with E-state index in [-0.39, 0.29) is 16.5 Å². The highest BCUT2D eigenvalue weighted by Gasteiger charge is 2.12. The summed E-state index contributed by atoms with van der Waals surface area (Å²) in [5, 5.41) is 0.412. The molecule has 0 bridgehead atoms. The van der Waals surface area contributed by atoms with Crippen molar-refractivity contribution in [1.82, 2.24) is 0 Å². The highest BCUT2D eigenvalue weighted by Crippen LogP contribution is 2.29. The lowest BCUT2D eigenvalue weighted by Crippen LogP contribution is -2.10. The average molecular weight is 300 g/mol. The van der Waals surface area contributed by atoms with E-state index in [1.54, 1.807) is 0 Å². The van der Waals surface area contributed by atoms with Crippen molar-refractivity contribution in [3.8, 4) is 11.5 Å². The van der Waals surface area contributed by atoms with Gasteiger partial charge in [0.2, 0.25) is 0 Å². The van der Waals surface area contributed by atoms with E-state index in [1.165, 1.54) is 18.2 Å². The molecule has 0 aliphatic heterocycles. The Morgan fingerprint density at radius 3 is 2.53 bits per heavy atom. The van der Waals surface area contributed by atoms with Crippen molar-refractivity contribution < 1.29 is 13.5 Å². The SMILES string of the molecule is NC(=S)c1cc(Cl)ccc1Oc1cc(F)ccc1F. The van der Waals surface area contributed by atoms with Crippen molar-refractivity contribution >= 4 is 28.8 Å². The Morgan fingerprint density at radius 2 is 1.84 bits per heavy atom. The maximum atomic E-state index is 13.5. The molecule has 0 saturated carbocycles. The molecule has 0 aliphatic carbocycles. The van der Waals surface area contributed by atoms with Gasteiger partial charge in [-0.1, -0.05) is 23.8 Å². The molecule has 2 N–H and O–H groups in total. The summed E-state index contributed by atoms with van der Waals surface area (Å²) in [7, 11) is 0. The molecule has 0 saturated heterocycles. The molecule has 2 rings (SSSR count). The number of ether oxygens (including phenoxy) is 1. The van der Waals surface area contributed by atoms with Crippen LogP contribution in [0.3, 0.4) is 0 Å². The van der Waals surface area contributed by atoms with Crippen LogP contribution in [-0.4, -0.2) is 4.99 Å². The fourth-order valence-electron chi connectivity index (χ4n) is 1.46. The smallest absolute Gasteiger partial charge is 0.166 e. The summed E-state index contributed by atoms with van der Waals surface area (Å²) in [6.07, 6.45) is 0. The quantitative estimate of drug-likeness (QED) is 0.869. The maximum absolute atomic E-state index is 13.5. The standard InChI is InChI=1S/C13H8ClF2NOS/c14-7-1-4-11(9(5-7)13(17)19)18-12-6-8(15)2-3-10(12)16/h1-6H,(H2,17,19). The third kappa shape index (κ3) is 3.19. The fraction of sp³-hybridized carbons (Fsp3) is 0. The van der Waals surface area contributed by atoms with Gasteiger partial charge in [-0.3, -0.25) is 0 Å². The van der Waals surface area contributed by atoms with E-state index in [9.17, 15) is 8.78 Å². The number of nitrogens with two attached hydrogens (primary N) is 1. The van der Waals surface area contributed by atoms with Gasteiger partial charge in [0.15, 0.2) is 11.6 Å². The molecular weight excluding hydrogens is 292 g/mol. The molecule has 0 atom stereocenters. The fourth-order valence-corrected chi connectivity index (χ4v) is 1.79. The first kappa shape index (κ1) is 13.7. The second-order valence-corrected chi connectivity index (χ2v) is 4.56. The molecule has 0 heterocycles. The molecule has 2 aromatic carbocycles. The van der Waals surface area contributed by atoms with Crippen molar-refractivity contribution in [1.29, 1.82) is 0 Å². The maximum Gasteiger partial charge on any atom is 0.166 e. The van der Waals surface area contributed by atoms with Crippen LogP contribution >= 0.6 is 23.8 Å². The van der Waals surface area contributed by atoms with Crippen LogP contribution in [0.2, 0.25) is 5.02 Å². The summed E-state index contributed by atoms with van der Waals surface area (Å²) in [5.41, 5.74) is 5.88. The second kappa shape index (κ2) is 5.50. The van der Waals surface area contributed by atoms with E-state index in [1.807, 2.05) is 0 Å². The van der Waals surface area contributed by atoms with Crippen LogP contribution in [-0.2, 0) is 0 Å². The lowest BCUT2D eigenvalue weighted by molar-refractivity contribution is 0.436. The molecule has 0 fully saturated rings. The van der Waals surface area contributed by atoms with Gasteiger partial charge in [-0.25, -0.2) is 8.78 Å². The lowest BCUT2D eigenvalue weighted by atomic mass is 10.2. The molecule has 19 heavy (non-hydrogen) atoms. The molecule has 2 aromatic rings. The first-order valence-electron chi connectivity index (χ1n) is 5.19. The van der Waals surface area contributed by atoms with Gasteiger partial charge < -0.3 is 10.5 Å². The van der Waals surface area contributed by atoms with Crippen molar-refractivity contribution in [2.45, 2.75) is 0 Å². The van der Waals surface area contributed by atoms with Gasteiger partial charge in [0, 0.05) is 11.1 Å². The largest absolute Gasteiger partial charge is 0.453 e. The monoisotopic (exact) mass is 299 g/mol. The third-order valence-corrected chi connectivity index (χ3v) is 2.78.